The molecule has 1 amide bonds. The third kappa shape index (κ3) is 5.52. The molecule has 1 radical (unpaired) electrons. The predicted octanol–water partition coefficient (Wildman–Crippen LogP) is 2.85. The first kappa shape index (κ1) is 16.0. The highest BCUT2D eigenvalue weighted by Crippen LogP contribution is 2.05. The number of aryl methyl sites for hydroxylation is 1. The minimum atomic E-state index is -0.577. The fraction of sp³-hybridized carbons (Fsp3) is 0.263. The van der Waals surface area contributed by atoms with Gasteiger partial charge in [0.05, 0.1) is 6.04 Å². The Labute approximate surface area is 131 Å². The van der Waals surface area contributed by atoms with Gasteiger partial charge in [-0.05, 0) is 24.0 Å². The quantitative estimate of drug-likeness (QED) is 0.813. The number of hydrogen-bond acceptors (Lipinski definition) is 2. The molecule has 0 aliphatic heterocycles. The molecule has 0 aliphatic rings. The third-order valence-corrected chi connectivity index (χ3v) is 3.47. The zero-order valence-electron chi connectivity index (χ0n) is 12.5. The van der Waals surface area contributed by atoms with Crippen LogP contribution in [-0.2, 0) is 22.4 Å². The molecule has 0 saturated carbocycles. The van der Waals surface area contributed by atoms with Gasteiger partial charge in [0.15, 0.2) is 0 Å². The van der Waals surface area contributed by atoms with E-state index < -0.39 is 6.04 Å². The maximum absolute atomic E-state index is 11.9. The SMILES string of the molecule is O=[C]C(Cc1ccccc1)NC(=O)CCCc1ccccc1. The first-order valence-electron chi connectivity index (χ1n) is 7.53. The molecule has 0 spiro atoms. The van der Waals surface area contributed by atoms with E-state index in [1.54, 1.807) is 0 Å². The smallest absolute Gasteiger partial charge is 0.223 e. The monoisotopic (exact) mass is 294 g/mol. The molecule has 113 valence electrons. The molecular formula is C19H20NO2. The summed E-state index contributed by atoms with van der Waals surface area (Å²) in [6, 6.07) is 19.1. The summed E-state index contributed by atoms with van der Waals surface area (Å²) >= 11 is 0. The van der Waals surface area contributed by atoms with E-state index in [1.807, 2.05) is 54.8 Å². The average molecular weight is 294 g/mol. The Morgan fingerprint density at radius 3 is 2.14 bits per heavy atom. The van der Waals surface area contributed by atoms with Gasteiger partial charge in [0, 0.05) is 12.8 Å². The molecule has 1 unspecified atom stereocenters. The predicted molar refractivity (Wildman–Crippen MR) is 87.2 cm³/mol. The van der Waals surface area contributed by atoms with Gasteiger partial charge in [0.2, 0.25) is 12.2 Å². The van der Waals surface area contributed by atoms with E-state index >= 15 is 0 Å². The van der Waals surface area contributed by atoms with Gasteiger partial charge in [0.1, 0.15) is 0 Å². The summed E-state index contributed by atoms with van der Waals surface area (Å²) in [6.45, 7) is 0. The first-order valence-corrected chi connectivity index (χ1v) is 7.53. The maximum Gasteiger partial charge on any atom is 0.223 e. The number of nitrogens with one attached hydrogen (secondary N) is 1. The first-order chi connectivity index (χ1) is 10.8. The lowest BCUT2D eigenvalue weighted by atomic mass is 10.1. The van der Waals surface area contributed by atoms with Crippen molar-refractivity contribution in [1.82, 2.24) is 5.32 Å². The van der Waals surface area contributed by atoms with Crippen molar-refractivity contribution in [3.8, 4) is 0 Å². The summed E-state index contributed by atoms with van der Waals surface area (Å²) < 4.78 is 0. The molecule has 0 bridgehead atoms. The van der Waals surface area contributed by atoms with E-state index in [-0.39, 0.29) is 5.91 Å². The van der Waals surface area contributed by atoms with E-state index in [2.05, 4.69) is 17.4 Å². The highest BCUT2D eigenvalue weighted by atomic mass is 16.2. The molecule has 1 N–H and O–H groups in total. The molecule has 0 saturated heterocycles. The van der Waals surface area contributed by atoms with Crippen molar-refractivity contribution in [3.05, 3.63) is 71.8 Å². The van der Waals surface area contributed by atoms with Gasteiger partial charge in [-0.25, -0.2) is 0 Å². The Bertz CT molecular complexity index is 581. The number of amides is 1. The van der Waals surface area contributed by atoms with Crippen LogP contribution in [0.3, 0.4) is 0 Å². The standard InChI is InChI=1S/C19H20NO2/c21-15-18(14-17-10-5-2-6-11-17)20-19(22)13-7-12-16-8-3-1-4-9-16/h1-6,8-11,18H,7,12-14H2,(H,20,22). The van der Waals surface area contributed by atoms with Crippen molar-refractivity contribution < 1.29 is 9.59 Å². The van der Waals surface area contributed by atoms with Gasteiger partial charge in [0.25, 0.3) is 0 Å². The fourth-order valence-corrected chi connectivity index (χ4v) is 2.34. The Morgan fingerprint density at radius 2 is 1.55 bits per heavy atom. The van der Waals surface area contributed by atoms with Gasteiger partial charge < -0.3 is 5.32 Å². The maximum atomic E-state index is 11.9. The third-order valence-electron chi connectivity index (χ3n) is 3.47. The van der Waals surface area contributed by atoms with Crippen LogP contribution in [-0.4, -0.2) is 18.2 Å². The number of carbonyl (C=O) groups excluding carboxylic acids is 2. The van der Waals surface area contributed by atoms with Crippen molar-refractivity contribution in [2.24, 2.45) is 0 Å². The lowest BCUT2D eigenvalue weighted by molar-refractivity contribution is -0.121. The van der Waals surface area contributed by atoms with E-state index in [9.17, 15) is 9.59 Å². The van der Waals surface area contributed by atoms with E-state index in [0.717, 1.165) is 18.4 Å². The summed E-state index contributed by atoms with van der Waals surface area (Å²) in [7, 11) is 0. The lowest BCUT2D eigenvalue weighted by Crippen LogP contribution is -2.37. The van der Waals surface area contributed by atoms with Crippen LogP contribution in [0.25, 0.3) is 0 Å². The topological polar surface area (TPSA) is 46.2 Å². The molecule has 0 aromatic heterocycles. The molecule has 3 heteroatoms. The summed E-state index contributed by atoms with van der Waals surface area (Å²) in [5.41, 5.74) is 2.23. The number of carbonyl (C=O) groups is 1. The number of hydrogen-bond donors (Lipinski definition) is 1. The van der Waals surface area contributed by atoms with Crippen LogP contribution in [0, 0.1) is 0 Å². The highest BCUT2D eigenvalue weighted by molar-refractivity contribution is 5.79. The van der Waals surface area contributed by atoms with Crippen molar-refractivity contribution in [1.29, 1.82) is 0 Å². The highest BCUT2D eigenvalue weighted by Gasteiger charge is 2.12. The molecule has 3 nitrogen and oxygen atoms in total. The second-order valence-electron chi connectivity index (χ2n) is 5.27. The molecule has 0 fully saturated rings. The Morgan fingerprint density at radius 1 is 0.955 bits per heavy atom. The molecule has 0 heterocycles. The van der Waals surface area contributed by atoms with Gasteiger partial charge in [-0.2, -0.15) is 0 Å². The van der Waals surface area contributed by atoms with Crippen molar-refractivity contribution in [2.75, 3.05) is 0 Å². The van der Waals surface area contributed by atoms with Crippen LogP contribution >= 0.6 is 0 Å². The van der Waals surface area contributed by atoms with Crippen LogP contribution in [0.2, 0.25) is 0 Å². The van der Waals surface area contributed by atoms with Crippen LogP contribution < -0.4 is 5.32 Å². The zero-order valence-corrected chi connectivity index (χ0v) is 12.5. The van der Waals surface area contributed by atoms with Gasteiger partial charge in [-0.3, -0.25) is 9.59 Å². The fourth-order valence-electron chi connectivity index (χ4n) is 2.34. The molecule has 0 aliphatic carbocycles. The van der Waals surface area contributed by atoms with E-state index in [0.29, 0.717) is 12.8 Å². The average Bonchev–Trinajstić information content (AvgIpc) is 2.56. The lowest BCUT2D eigenvalue weighted by Gasteiger charge is -2.12. The molecule has 2 rings (SSSR count). The van der Waals surface area contributed by atoms with Gasteiger partial charge in [-0.15, -0.1) is 0 Å². The van der Waals surface area contributed by atoms with Crippen molar-refractivity contribution in [2.45, 2.75) is 31.7 Å². The van der Waals surface area contributed by atoms with Crippen LogP contribution in [0.1, 0.15) is 24.0 Å². The van der Waals surface area contributed by atoms with E-state index in [1.165, 1.54) is 5.56 Å². The van der Waals surface area contributed by atoms with Crippen molar-refractivity contribution >= 4 is 12.2 Å². The number of benzene rings is 2. The zero-order chi connectivity index (χ0) is 15.6. The minimum absolute atomic E-state index is 0.0970. The summed E-state index contributed by atoms with van der Waals surface area (Å²) in [6.07, 6.45) is 4.44. The Balaban J connectivity index is 1.74. The molecule has 1 atom stereocenters. The Hall–Kier alpha value is -2.42. The molecule has 2 aromatic carbocycles. The van der Waals surface area contributed by atoms with Crippen molar-refractivity contribution in [3.63, 3.8) is 0 Å². The molecule has 22 heavy (non-hydrogen) atoms. The van der Waals surface area contributed by atoms with E-state index in [4.69, 9.17) is 0 Å². The van der Waals surface area contributed by atoms with Crippen LogP contribution in [0.15, 0.2) is 60.7 Å². The number of rotatable bonds is 8. The van der Waals surface area contributed by atoms with Crippen LogP contribution in [0.4, 0.5) is 0 Å². The summed E-state index contributed by atoms with van der Waals surface area (Å²) in [4.78, 5) is 22.9. The van der Waals surface area contributed by atoms with Crippen LogP contribution in [0.5, 0.6) is 0 Å². The van der Waals surface area contributed by atoms with Gasteiger partial charge in [-0.1, -0.05) is 60.7 Å². The molecule has 2 aromatic rings. The second kappa shape index (κ2) is 8.78. The minimum Gasteiger partial charge on any atom is -0.345 e. The summed E-state index contributed by atoms with van der Waals surface area (Å²) in [5.74, 6) is -0.0970. The largest absolute Gasteiger partial charge is 0.345 e. The Kier molecular flexibility index (Phi) is 6.37. The second-order valence-corrected chi connectivity index (χ2v) is 5.27. The molecular weight excluding hydrogens is 274 g/mol. The van der Waals surface area contributed by atoms with Gasteiger partial charge >= 0.3 is 0 Å². The summed E-state index contributed by atoms with van der Waals surface area (Å²) in [5, 5.41) is 2.74. The normalized spacial score (nSPS) is 11.6.